The minimum atomic E-state index is -0.333. The first-order valence-corrected chi connectivity index (χ1v) is 8.02. The number of aldehydes is 1. The smallest absolute Gasteiger partial charge is 0.199 e. The van der Waals surface area contributed by atoms with Crippen molar-refractivity contribution in [3.63, 3.8) is 0 Å². The van der Waals surface area contributed by atoms with Crippen LogP contribution >= 0.6 is 15.9 Å². The van der Waals surface area contributed by atoms with E-state index < -0.39 is 0 Å². The summed E-state index contributed by atoms with van der Waals surface area (Å²) in [5.74, 6) is 0.579. The van der Waals surface area contributed by atoms with Crippen molar-refractivity contribution < 1.29 is 14.6 Å². The van der Waals surface area contributed by atoms with Gasteiger partial charge in [-0.15, -0.1) is 0 Å². The Morgan fingerprint density at radius 3 is 2.52 bits per heavy atom. The van der Waals surface area contributed by atoms with E-state index in [0.717, 1.165) is 0 Å². The van der Waals surface area contributed by atoms with E-state index in [1.807, 2.05) is 20.8 Å². The lowest BCUT2D eigenvalue weighted by molar-refractivity contribution is 0.111. The molecule has 1 aromatic heterocycles. The zero-order chi connectivity index (χ0) is 17.4. The highest BCUT2D eigenvalue weighted by Crippen LogP contribution is 2.35. The van der Waals surface area contributed by atoms with Crippen LogP contribution in [0.5, 0.6) is 5.75 Å². The number of hydrogen-bond donors (Lipinski definition) is 1. The molecule has 0 saturated carbocycles. The number of hydrogen-bond acceptors (Lipinski definition) is 4. The Kier molecular flexibility index (Phi) is 4.96. The summed E-state index contributed by atoms with van der Waals surface area (Å²) in [6, 6.07) is 3.09. The normalized spacial score (nSPS) is 13.1. The molecule has 1 N–H and O–H groups in total. The first-order valence-electron chi connectivity index (χ1n) is 7.23. The van der Waals surface area contributed by atoms with Crippen molar-refractivity contribution in [1.29, 1.82) is 0 Å². The van der Waals surface area contributed by atoms with Gasteiger partial charge in [-0.2, -0.15) is 0 Å². The summed E-state index contributed by atoms with van der Waals surface area (Å²) in [5, 5.41) is 10.3. The summed E-state index contributed by atoms with van der Waals surface area (Å²) in [7, 11) is 1.54. The second-order valence-electron chi connectivity index (χ2n) is 6.51. The Bertz CT molecular complexity index is 805. The SMILES string of the molecule is COc1cc2c(cc1Br)c(=O)c(C=O)cn2C(CO)C(C)(C)C. The molecule has 124 valence electrons. The van der Waals surface area contributed by atoms with E-state index in [1.54, 1.807) is 23.8 Å². The van der Waals surface area contributed by atoms with Crippen molar-refractivity contribution in [1.82, 2.24) is 4.57 Å². The van der Waals surface area contributed by atoms with Crippen LogP contribution in [0.3, 0.4) is 0 Å². The molecule has 0 fully saturated rings. The summed E-state index contributed by atoms with van der Waals surface area (Å²) in [6.07, 6.45) is 2.06. The Morgan fingerprint density at radius 2 is 2.04 bits per heavy atom. The van der Waals surface area contributed by atoms with Gasteiger partial charge in [0.05, 0.1) is 35.3 Å². The molecule has 23 heavy (non-hydrogen) atoms. The van der Waals surface area contributed by atoms with Gasteiger partial charge in [-0.05, 0) is 27.4 Å². The number of fused-ring (bicyclic) bond motifs is 1. The Balaban J connectivity index is 2.95. The maximum Gasteiger partial charge on any atom is 0.199 e. The molecular formula is C17H20BrNO4. The maximum absolute atomic E-state index is 12.5. The Hall–Kier alpha value is -1.66. The molecule has 0 radical (unpaired) electrons. The predicted octanol–water partition coefficient (Wildman–Crippen LogP) is 3.16. The number of carbonyl (C=O) groups is 1. The van der Waals surface area contributed by atoms with Gasteiger partial charge in [-0.1, -0.05) is 20.8 Å². The van der Waals surface area contributed by atoms with Gasteiger partial charge in [-0.25, -0.2) is 0 Å². The zero-order valence-corrected chi connectivity index (χ0v) is 15.2. The molecule has 0 aliphatic rings. The molecule has 1 unspecified atom stereocenters. The third kappa shape index (κ3) is 3.19. The van der Waals surface area contributed by atoms with Gasteiger partial charge in [0.1, 0.15) is 5.75 Å². The van der Waals surface area contributed by atoms with Crippen LogP contribution in [-0.2, 0) is 0 Å². The van der Waals surface area contributed by atoms with Gasteiger partial charge in [0, 0.05) is 17.6 Å². The van der Waals surface area contributed by atoms with E-state index in [0.29, 0.717) is 27.4 Å². The molecule has 1 heterocycles. The second kappa shape index (κ2) is 6.45. The highest BCUT2D eigenvalue weighted by molar-refractivity contribution is 9.10. The molecule has 6 heteroatoms. The monoisotopic (exact) mass is 381 g/mol. The third-order valence-electron chi connectivity index (χ3n) is 3.97. The lowest BCUT2D eigenvalue weighted by Gasteiger charge is -2.32. The second-order valence-corrected chi connectivity index (χ2v) is 7.36. The number of halogens is 1. The first-order chi connectivity index (χ1) is 10.7. The fourth-order valence-corrected chi connectivity index (χ4v) is 3.15. The van der Waals surface area contributed by atoms with Gasteiger partial charge in [0.2, 0.25) is 0 Å². The van der Waals surface area contributed by atoms with Crippen LogP contribution in [0.25, 0.3) is 10.9 Å². The summed E-state index contributed by atoms with van der Waals surface area (Å²) < 4.78 is 7.73. The van der Waals surface area contributed by atoms with Gasteiger partial charge >= 0.3 is 0 Å². The van der Waals surface area contributed by atoms with Crippen molar-refractivity contribution in [2.45, 2.75) is 26.8 Å². The molecule has 0 amide bonds. The number of aromatic nitrogens is 1. The molecule has 0 saturated heterocycles. The maximum atomic E-state index is 12.5. The summed E-state index contributed by atoms with van der Waals surface area (Å²) in [6.45, 7) is 5.87. The van der Waals surface area contributed by atoms with Crippen molar-refractivity contribution >= 4 is 33.1 Å². The van der Waals surface area contributed by atoms with Crippen LogP contribution in [0.2, 0.25) is 0 Å². The van der Waals surface area contributed by atoms with E-state index in [-0.39, 0.29) is 29.1 Å². The van der Waals surface area contributed by atoms with E-state index in [1.165, 1.54) is 6.20 Å². The molecule has 2 aromatic rings. The Labute approximate surface area is 143 Å². The predicted molar refractivity (Wildman–Crippen MR) is 93.4 cm³/mol. The molecule has 0 aliphatic heterocycles. The lowest BCUT2D eigenvalue weighted by atomic mass is 9.86. The van der Waals surface area contributed by atoms with Crippen LogP contribution < -0.4 is 10.2 Å². The molecule has 0 bridgehead atoms. The highest BCUT2D eigenvalue weighted by Gasteiger charge is 2.27. The van der Waals surface area contributed by atoms with E-state index in [9.17, 15) is 14.7 Å². The van der Waals surface area contributed by atoms with Crippen LogP contribution in [0.1, 0.15) is 37.2 Å². The van der Waals surface area contributed by atoms with Gasteiger partial charge in [0.25, 0.3) is 0 Å². The number of pyridine rings is 1. The lowest BCUT2D eigenvalue weighted by Crippen LogP contribution is -2.29. The number of ether oxygens (including phenoxy) is 1. The largest absolute Gasteiger partial charge is 0.495 e. The molecule has 2 rings (SSSR count). The van der Waals surface area contributed by atoms with Gasteiger partial charge in [-0.3, -0.25) is 9.59 Å². The first kappa shape index (κ1) is 17.7. The summed E-state index contributed by atoms with van der Waals surface area (Å²) in [5.41, 5.74) is 0.0871. The minimum absolute atomic E-state index is 0.0669. The minimum Gasteiger partial charge on any atom is -0.495 e. The molecule has 1 atom stereocenters. The van der Waals surface area contributed by atoms with Crippen molar-refractivity contribution in [2.75, 3.05) is 13.7 Å². The average Bonchev–Trinajstić information content (AvgIpc) is 2.48. The van der Waals surface area contributed by atoms with Crippen molar-refractivity contribution in [2.24, 2.45) is 5.41 Å². The molecule has 0 spiro atoms. The number of rotatable bonds is 4. The summed E-state index contributed by atoms with van der Waals surface area (Å²) >= 11 is 3.37. The average molecular weight is 382 g/mol. The van der Waals surface area contributed by atoms with E-state index in [4.69, 9.17) is 4.74 Å². The van der Waals surface area contributed by atoms with Crippen molar-refractivity contribution in [3.05, 3.63) is 38.6 Å². The number of methoxy groups -OCH3 is 1. The van der Waals surface area contributed by atoms with Crippen LogP contribution in [0.4, 0.5) is 0 Å². The number of nitrogens with zero attached hydrogens (tertiary/aromatic N) is 1. The van der Waals surface area contributed by atoms with Crippen molar-refractivity contribution in [3.8, 4) is 5.75 Å². The van der Waals surface area contributed by atoms with E-state index in [2.05, 4.69) is 15.9 Å². The molecular weight excluding hydrogens is 362 g/mol. The quantitative estimate of drug-likeness (QED) is 0.825. The molecule has 5 nitrogen and oxygen atoms in total. The summed E-state index contributed by atoms with van der Waals surface area (Å²) in [4.78, 5) is 23.7. The number of aliphatic hydroxyl groups excluding tert-OH is 1. The highest BCUT2D eigenvalue weighted by atomic mass is 79.9. The zero-order valence-electron chi connectivity index (χ0n) is 13.6. The van der Waals surface area contributed by atoms with Gasteiger partial charge < -0.3 is 14.4 Å². The van der Waals surface area contributed by atoms with Crippen LogP contribution in [0.15, 0.2) is 27.6 Å². The molecule has 0 aliphatic carbocycles. The fraction of sp³-hybridized carbons (Fsp3) is 0.412. The number of carbonyl (C=O) groups excluding carboxylic acids is 1. The van der Waals surface area contributed by atoms with Gasteiger partial charge in [0.15, 0.2) is 11.7 Å². The fourth-order valence-electron chi connectivity index (χ4n) is 2.65. The number of benzene rings is 1. The standard InChI is InChI=1S/C17H20BrNO4/c1-17(2,3)15(9-21)19-7-10(8-20)16(22)11-5-12(18)14(23-4)6-13(11)19/h5-8,15,21H,9H2,1-4H3. The third-order valence-corrected chi connectivity index (χ3v) is 4.59. The molecule has 1 aromatic carbocycles. The van der Waals surface area contributed by atoms with Crippen LogP contribution in [0, 0.1) is 5.41 Å². The topological polar surface area (TPSA) is 68.5 Å². The van der Waals surface area contributed by atoms with Crippen LogP contribution in [-0.4, -0.2) is 29.7 Å². The Morgan fingerprint density at radius 1 is 1.39 bits per heavy atom. The van der Waals surface area contributed by atoms with E-state index >= 15 is 0 Å². The number of aliphatic hydroxyl groups is 1.